The first-order chi connectivity index (χ1) is 9.29. The molecule has 1 heterocycles. The monoisotopic (exact) mass is 256 g/mol. The van der Waals surface area contributed by atoms with Crippen molar-refractivity contribution in [2.24, 2.45) is 5.92 Å². The van der Waals surface area contributed by atoms with E-state index in [2.05, 4.69) is 36.3 Å². The van der Waals surface area contributed by atoms with Crippen LogP contribution in [0.2, 0.25) is 0 Å². The molecule has 0 radical (unpaired) electrons. The molecule has 19 heavy (non-hydrogen) atoms. The van der Waals surface area contributed by atoms with Crippen LogP contribution in [-0.2, 0) is 19.4 Å². The summed E-state index contributed by atoms with van der Waals surface area (Å²) in [6.45, 7) is 2.86. The lowest BCUT2D eigenvalue weighted by Crippen LogP contribution is -2.23. The molecule has 2 unspecified atom stereocenters. The SMILES string of the molecule is CCn1nccc1C(O)C1CCc2ccccc2C1. The Balaban J connectivity index is 1.81. The van der Waals surface area contributed by atoms with E-state index in [9.17, 15) is 5.11 Å². The number of rotatable bonds is 3. The van der Waals surface area contributed by atoms with Gasteiger partial charge in [0.25, 0.3) is 0 Å². The first-order valence-corrected chi connectivity index (χ1v) is 7.06. The van der Waals surface area contributed by atoms with E-state index in [4.69, 9.17) is 0 Å². The average Bonchev–Trinajstić information content (AvgIpc) is 2.94. The van der Waals surface area contributed by atoms with Gasteiger partial charge in [-0.2, -0.15) is 5.10 Å². The second kappa shape index (κ2) is 5.17. The van der Waals surface area contributed by atoms with E-state index >= 15 is 0 Å². The Bertz CT molecular complexity index is 561. The Morgan fingerprint density at radius 1 is 1.32 bits per heavy atom. The summed E-state index contributed by atoms with van der Waals surface area (Å²) in [4.78, 5) is 0. The van der Waals surface area contributed by atoms with E-state index in [1.54, 1.807) is 6.20 Å². The van der Waals surface area contributed by atoms with Gasteiger partial charge in [-0.1, -0.05) is 24.3 Å². The molecule has 2 atom stereocenters. The van der Waals surface area contributed by atoms with Gasteiger partial charge in [0, 0.05) is 12.7 Å². The third kappa shape index (κ3) is 2.30. The zero-order valence-corrected chi connectivity index (χ0v) is 11.3. The third-order valence-electron chi connectivity index (χ3n) is 4.18. The molecule has 0 saturated heterocycles. The summed E-state index contributed by atoms with van der Waals surface area (Å²) in [5, 5.41) is 14.9. The minimum atomic E-state index is -0.407. The fraction of sp³-hybridized carbons (Fsp3) is 0.438. The maximum Gasteiger partial charge on any atom is 0.0987 e. The van der Waals surface area contributed by atoms with Gasteiger partial charge < -0.3 is 5.11 Å². The number of hydrogen-bond donors (Lipinski definition) is 1. The molecule has 1 aromatic heterocycles. The van der Waals surface area contributed by atoms with Crippen molar-refractivity contribution in [3.05, 3.63) is 53.3 Å². The molecule has 0 spiro atoms. The Morgan fingerprint density at radius 3 is 2.89 bits per heavy atom. The minimum Gasteiger partial charge on any atom is -0.387 e. The van der Waals surface area contributed by atoms with Crippen molar-refractivity contribution < 1.29 is 5.11 Å². The number of aromatic nitrogens is 2. The standard InChI is InChI=1S/C16H20N2O/c1-2-18-15(9-10-17-18)16(19)14-8-7-12-5-3-4-6-13(12)11-14/h3-6,9-10,14,16,19H,2,7-8,11H2,1H3. The van der Waals surface area contributed by atoms with Crippen molar-refractivity contribution in [3.8, 4) is 0 Å². The minimum absolute atomic E-state index is 0.303. The maximum atomic E-state index is 10.6. The smallest absolute Gasteiger partial charge is 0.0987 e. The zero-order valence-electron chi connectivity index (χ0n) is 11.3. The third-order valence-corrected chi connectivity index (χ3v) is 4.18. The van der Waals surface area contributed by atoms with Crippen LogP contribution in [0.1, 0.15) is 36.3 Å². The van der Waals surface area contributed by atoms with Gasteiger partial charge in [0.05, 0.1) is 11.8 Å². The highest BCUT2D eigenvalue weighted by Crippen LogP contribution is 2.33. The lowest BCUT2D eigenvalue weighted by molar-refractivity contribution is 0.0908. The van der Waals surface area contributed by atoms with Crippen LogP contribution in [-0.4, -0.2) is 14.9 Å². The molecule has 1 aliphatic carbocycles. The van der Waals surface area contributed by atoms with Gasteiger partial charge in [-0.3, -0.25) is 4.68 Å². The van der Waals surface area contributed by atoms with Crippen LogP contribution in [0, 0.1) is 5.92 Å². The van der Waals surface area contributed by atoms with Crippen LogP contribution in [0.4, 0.5) is 0 Å². The largest absolute Gasteiger partial charge is 0.387 e. The summed E-state index contributed by atoms with van der Waals surface area (Å²) >= 11 is 0. The summed E-state index contributed by atoms with van der Waals surface area (Å²) in [5.74, 6) is 0.303. The molecule has 1 aromatic carbocycles. The van der Waals surface area contributed by atoms with E-state index in [0.29, 0.717) is 5.92 Å². The van der Waals surface area contributed by atoms with Gasteiger partial charge in [-0.05, 0) is 49.3 Å². The number of aliphatic hydroxyl groups is 1. The molecule has 0 amide bonds. The topological polar surface area (TPSA) is 38.0 Å². The Labute approximate surface area is 113 Å². The van der Waals surface area contributed by atoms with Crippen LogP contribution in [0.25, 0.3) is 0 Å². The first kappa shape index (κ1) is 12.4. The maximum absolute atomic E-state index is 10.6. The normalized spacial score (nSPS) is 20.0. The quantitative estimate of drug-likeness (QED) is 0.917. The van der Waals surface area contributed by atoms with Crippen molar-refractivity contribution in [1.82, 2.24) is 9.78 Å². The molecule has 100 valence electrons. The van der Waals surface area contributed by atoms with Crippen LogP contribution < -0.4 is 0 Å². The molecule has 3 rings (SSSR count). The number of hydrogen-bond acceptors (Lipinski definition) is 2. The predicted octanol–water partition coefficient (Wildman–Crippen LogP) is 2.74. The second-order valence-electron chi connectivity index (χ2n) is 5.29. The Hall–Kier alpha value is -1.61. The number of benzene rings is 1. The molecular weight excluding hydrogens is 236 g/mol. The Morgan fingerprint density at radius 2 is 2.11 bits per heavy atom. The Kier molecular flexibility index (Phi) is 3.38. The number of nitrogens with zero attached hydrogens (tertiary/aromatic N) is 2. The van der Waals surface area contributed by atoms with Crippen molar-refractivity contribution in [2.45, 2.75) is 38.8 Å². The van der Waals surface area contributed by atoms with Gasteiger partial charge in [-0.25, -0.2) is 0 Å². The lowest BCUT2D eigenvalue weighted by Gasteiger charge is -2.28. The fourth-order valence-corrected chi connectivity index (χ4v) is 3.10. The van der Waals surface area contributed by atoms with Crippen LogP contribution >= 0.6 is 0 Å². The first-order valence-electron chi connectivity index (χ1n) is 7.06. The van der Waals surface area contributed by atoms with Crippen LogP contribution in [0.5, 0.6) is 0 Å². The van der Waals surface area contributed by atoms with E-state index in [1.807, 2.05) is 10.7 Å². The summed E-state index contributed by atoms with van der Waals surface area (Å²) in [6, 6.07) is 10.5. The number of fused-ring (bicyclic) bond motifs is 1. The molecule has 3 heteroatoms. The summed E-state index contributed by atoms with van der Waals surface area (Å²) in [5.41, 5.74) is 3.78. The molecule has 0 fully saturated rings. The molecular formula is C16H20N2O. The number of aliphatic hydroxyl groups excluding tert-OH is 1. The van der Waals surface area contributed by atoms with Gasteiger partial charge in [0.15, 0.2) is 0 Å². The van der Waals surface area contributed by atoms with Gasteiger partial charge in [0.2, 0.25) is 0 Å². The summed E-state index contributed by atoms with van der Waals surface area (Å²) in [6.07, 6.45) is 4.45. The molecule has 1 aliphatic rings. The number of aryl methyl sites for hydroxylation is 2. The fourth-order valence-electron chi connectivity index (χ4n) is 3.10. The van der Waals surface area contributed by atoms with Gasteiger partial charge in [-0.15, -0.1) is 0 Å². The molecule has 0 bridgehead atoms. The highest BCUT2D eigenvalue weighted by Gasteiger charge is 2.27. The van der Waals surface area contributed by atoms with Crippen LogP contribution in [0.3, 0.4) is 0 Å². The molecule has 1 N–H and O–H groups in total. The van der Waals surface area contributed by atoms with Gasteiger partial charge >= 0.3 is 0 Å². The van der Waals surface area contributed by atoms with E-state index < -0.39 is 6.10 Å². The van der Waals surface area contributed by atoms with Crippen molar-refractivity contribution in [2.75, 3.05) is 0 Å². The average molecular weight is 256 g/mol. The van der Waals surface area contributed by atoms with E-state index in [-0.39, 0.29) is 0 Å². The zero-order chi connectivity index (χ0) is 13.2. The predicted molar refractivity (Wildman–Crippen MR) is 74.8 cm³/mol. The van der Waals surface area contributed by atoms with Crippen molar-refractivity contribution in [3.63, 3.8) is 0 Å². The van der Waals surface area contributed by atoms with E-state index in [1.165, 1.54) is 11.1 Å². The highest BCUT2D eigenvalue weighted by atomic mass is 16.3. The summed E-state index contributed by atoms with van der Waals surface area (Å²) in [7, 11) is 0. The molecule has 0 aliphatic heterocycles. The van der Waals surface area contributed by atoms with E-state index in [0.717, 1.165) is 31.5 Å². The summed E-state index contributed by atoms with van der Waals surface area (Å²) < 4.78 is 1.89. The molecule has 3 nitrogen and oxygen atoms in total. The molecule has 0 saturated carbocycles. The van der Waals surface area contributed by atoms with Crippen molar-refractivity contribution >= 4 is 0 Å². The highest BCUT2D eigenvalue weighted by molar-refractivity contribution is 5.30. The van der Waals surface area contributed by atoms with Crippen LogP contribution in [0.15, 0.2) is 36.5 Å². The van der Waals surface area contributed by atoms with Crippen molar-refractivity contribution in [1.29, 1.82) is 0 Å². The molecule has 2 aromatic rings. The second-order valence-corrected chi connectivity index (χ2v) is 5.29. The lowest BCUT2D eigenvalue weighted by atomic mass is 9.80. The van der Waals surface area contributed by atoms with Gasteiger partial charge in [0.1, 0.15) is 0 Å².